The number of carbonyl (C=O) groups is 1. The molecular formula is C13H10ClFN2O2. The van der Waals surface area contributed by atoms with E-state index in [1.807, 2.05) is 0 Å². The molecule has 0 fully saturated rings. The van der Waals surface area contributed by atoms with E-state index in [9.17, 15) is 9.18 Å². The number of hydrogen-bond donors (Lipinski definition) is 1. The number of hydrogen-bond acceptors (Lipinski definition) is 3. The first-order chi connectivity index (χ1) is 9.10. The fourth-order valence-corrected chi connectivity index (χ4v) is 1.74. The SMILES string of the molecule is COc1ccc(NC(=O)c2cncc(F)c2)cc1Cl. The van der Waals surface area contributed by atoms with Gasteiger partial charge in [0.2, 0.25) is 0 Å². The number of nitrogens with one attached hydrogen (secondary N) is 1. The largest absolute Gasteiger partial charge is 0.495 e. The Hall–Kier alpha value is -2.14. The lowest BCUT2D eigenvalue weighted by atomic mass is 10.2. The number of nitrogens with zero attached hydrogens (tertiary/aromatic N) is 1. The first-order valence-corrected chi connectivity index (χ1v) is 5.73. The monoisotopic (exact) mass is 280 g/mol. The number of anilines is 1. The zero-order chi connectivity index (χ0) is 13.8. The second-order valence-electron chi connectivity index (χ2n) is 3.70. The highest BCUT2D eigenvalue weighted by molar-refractivity contribution is 6.32. The quantitative estimate of drug-likeness (QED) is 0.940. The van der Waals surface area contributed by atoms with Crippen molar-refractivity contribution in [3.8, 4) is 5.75 Å². The van der Waals surface area contributed by atoms with Crippen molar-refractivity contribution in [1.82, 2.24) is 4.98 Å². The normalized spacial score (nSPS) is 10.1. The second kappa shape index (κ2) is 5.67. The lowest BCUT2D eigenvalue weighted by Gasteiger charge is -2.08. The first-order valence-electron chi connectivity index (χ1n) is 5.35. The molecule has 0 aliphatic rings. The number of carbonyl (C=O) groups excluding carboxylic acids is 1. The van der Waals surface area contributed by atoms with Gasteiger partial charge in [-0.15, -0.1) is 0 Å². The van der Waals surface area contributed by atoms with Crippen LogP contribution in [0.3, 0.4) is 0 Å². The van der Waals surface area contributed by atoms with Crippen LogP contribution in [0.1, 0.15) is 10.4 Å². The van der Waals surface area contributed by atoms with Gasteiger partial charge in [0.05, 0.1) is 23.9 Å². The van der Waals surface area contributed by atoms with Crippen LogP contribution in [0.25, 0.3) is 0 Å². The van der Waals surface area contributed by atoms with E-state index in [2.05, 4.69) is 10.3 Å². The second-order valence-corrected chi connectivity index (χ2v) is 4.10. The van der Waals surface area contributed by atoms with Gasteiger partial charge in [0, 0.05) is 11.9 Å². The molecule has 6 heteroatoms. The smallest absolute Gasteiger partial charge is 0.257 e. The Balaban J connectivity index is 2.17. The molecule has 2 aromatic rings. The molecule has 1 aromatic carbocycles. The minimum absolute atomic E-state index is 0.131. The van der Waals surface area contributed by atoms with Crippen LogP contribution in [0.5, 0.6) is 5.75 Å². The van der Waals surface area contributed by atoms with Gasteiger partial charge in [0.25, 0.3) is 5.91 Å². The molecule has 0 atom stereocenters. The molecule has 0 bridgehead atoms. The Morgan fingerprint density at radius 3 is 2.79 bits per heavy atom. The van der Waals surface area contributed by atoms with Gasteiger partial charge in [-0.1, -0.05) is 11.6 Å². The highest BCUT2D eigenvalue weighted by Gasteiger charge is 2.09. The van der Waals surface area contributed by atoms with E-state index in [4.69, 9.17) is 16.3 Å². The van der Waals surface area contributed by atoms with Crippen LogP contribution < -0.4 is 10.1 Å². The molecule has 0 spiro atoms. The third-order valence-corrected chi connectivity index (χ3v) is 2.67. The molecule has 98 valence electrons. The van der Waals surface area contributed by atoms with Crippen LogP contribution in [0.2, 0.25) is 5.02 Å². The number of ether oxygens (including phenoxy) is 1. The first kappa shape index (κ1) is 13.3. The van der Waals surface area contributed by atoms with Gasteiger partial charge in [-0.05, 0) is 24.3 Å². The van der Waals surface area contributed by atoms with Crippen LogP contribution >= 0.6 is 11.6 Å². The number of pyridine rings is 1. The fourth-order valence-electron chi connectivity index (χ4n) is 1.48. The standard InChI is InChI=1S/C13H10ClFN2O2/c1-19-12-3-2-10(5-11(12)14)17-13(18)8-4-9(15)7-16-6-8/h2-7H,1H3,(H,17,18). The third kappa shape index (κ3) is 3.20. The summed E-state index contributed by atoms with van der Waals surface area (Å²) in [4.78, 5) is 15.4. The van der Waals surface area contributed by atoms with E-state index in [1.165, 1.54) is 13.3 Å². The molecule has 1 amide bonds. The molecule has 0 unspecified atom stereocenters. The topological polar surface area (TPSA) is 51.2 Å². The third-order valence-electron chi connectivity index (χ3n) is 2.38. The Kier molecular flexibility index (Phi) is 3.97. The molecule has 19 heavy (non-hydrogen) atoms. The molecule has 0 saturated heterocycles. The summed E-state index contributed by atoms with van der Waals surface area (Å²) >= 11 is 5.94. The van der Waals surface area contributed by atoms with E-state index in [-0.39, 0.29) is 5.56 Å². The zero-order valence-electron chi connectivity index (χ0n) is 9.98. The van der Waals surface area contributed by atoms with Crippen molar-refractivity contribution in [3.63, 3.8) is 0 Å². The number of halogens is 2. The van der Waals surface area contributed by atoms with Crippen molar-refractivity contribution >= 4 is 23.2 Å². The Morgan fingerprint density at radius 2 is 2.16 bits per heavy atom. The summed E-state index contributed by atoms with van der Waals surface area (Å²) in [5.74, 6) is -0.527. The van der Waals surface area contributed by atoms with Gasteiger partial charge in [-0.3, -0.25) is 9.78 Å². The highest BCUT2D eigenvalue weighted by atomic mass is 35.5. The molecule has 1 N–H and O–H groups in total. The van der Waals surface area contributed by atoms with Crippen molar-refractivity contribution in [2.45, 2.75) is 0 Å². The molecule has 0 saturated carbocycles. The highest BCUT2D eigenvalue weighted by Crippen LogP contribution is 2.27. The van der Waals surface area contributed by atoms with E-state index in [1.54, 1.807) is 18.2 Å². The number of benzene rings is 1. The average Bonchev–Trinajstić information content (AvgIpc) is 2.39. The van der Waals surface area contributed by atoms with Crippen molar-refractivity contribution in [1.29, 1.82) is 0 Å². The lowest BCUT2D eigenvalue weighted by Crippen LogP contribution is -2.12. The fraction of sp³-hybridized carbons (Fsp3) is 0.0769. The van der Waals surface area contributed by atoms with Gasteiger partial charge in [0.1, 0.15) is 11.6 Å². The van der Waals surface area contributed by atoms with Crippen LogP contribution in [0, 0.1) is 5.82 Å². The summed E-state index contributed by atoms with van der Waals surface area (Å²) in [7, 11) is 1.50. The molecule has 0 radical (unpaired) electrons. The summed E-state index contributed by atoms with van der Waals surface area (Å²) in [6.45, 7) is 0. The molecule has 4 nitrogen and oxygen atoms in total. The zero-order valence-corrected chi connectivity index (χ0v) is 10.7. The van der Waals surface area contributed by atoms with Crippen LogP contribution in [-0.4, -0.2) is 18.0 Å². The summed E-state index contributed by atoms with van der Waals surface area (Å²) in [6.07, 6.45) is 2.31. The van der Waals surface area contributed by atoms with Crippen molar-refractivity contribution in [2.75, 3.05) is 12.4 Å². The maximum atomic E-state index is 12.9. The molecule has 1 aromatic heterocycles. The summed E-state index contributed by atoms with van der Waals surface area (Å²) in [6, 6.07) is 5.91. The maximum Gasteiger partial charge on any atom is 0.257 e. The van der Waals surface area contributed by atoms with E-state index >= 15 is 0 Å². The summed E-state index contributed by atoms with van der Waals surface area (Å²) in [5.41, 5.74) is 0.618. The number of methoxy groups -OCH3 is 1. The number of aromatic nitrogens is 1. The predicted molar refractivity (Wildman–Crippen MR) is 70.2 cm³/mol. The van der Waals surface area contributed by atoms with Crippen molar-refractivity contribution in [2.24, 2.45) is 0 Å². The van der Waals surface area contributed by atoms with Gasteiger partial charge in [0.15, 0.2) is 0 Å². The average molecular weight is 281 g/mol. The van der Waals surface area contributed by atoms with Gasteiger partial charge < -0.3 is 10.1 Å². The Bertz CT molecular complexity index is 619. The minimum atomic E-state index is -0.569. The molecule has 0 aliphatic carbocycles. The number of rotatable bonds is 3. The Labute approximate surface area is 114 Å². The lowest BCUT2D eigenvalue weighted by molar-refractivity contribution is 0.102. The Morgan fingerprint density at radius 1 is 1.37 bits per heavy atom. The minimum Gasteiger partial charge on any atom is -0.495 e. The molecule has 2 rings (SSSR count). The number of amides is 1. The van der Waals surface area contributed by atoms with Gasteiger partial charge in [-0.25, -0.2) is 4.39 Å². The summed E-state index contributed by atoms with van der Waals surface area (Å²) < 4.78 is 18.0. The molecule has 1 heterocycles. The van der Waals surface area contributed by atoms with Crippen LogP contribution in [0.15, 0.2) is 36.7 Å². The van der Waals surface area contributed by atoms with E-state index < -0.39 is 11.7 Å². The van der Waals surface area contributed by atoms with Gasteiger partial charge in [-0.2, -0.15) is 0 Å². The summed E-state index contributed by atoms with van der Waals surface area (Å²) in [5, 5.41) is 2.96. The molecular weight excluding hydrogens is 271 g/mol. The van der Waals surface area contributed by atoms with Crippen LogP contribution in [-0.2, 0) is 0 Å². The molecule has 0 aliphatic heterocycles. The van der Waals surface area contributed by atoms with Crippen LogP contribution in [0.4, 0.5) is 10.1 Å². The predicted octanol–water partition coefficient (Wildman–Crippen LogP) is 3.14. The van der Waals surface area contributed by atoms with Crippen molar-refractivity contribution in [3.05, 3.63) is 53.1 Å². The maximum absolute atomic E-state index is 12.9. The van der Waals surface area contributed by atoms with E-state index in [0.717, 1.165) is 12.3 Å². The van der Waals surface area contributed by atoms with Crippen molar-refractivity contribution < 1.29 is 13.9 Å². The van der Waals surface area contributed by atoms with Gasteiger partial charge >= 0.3 is 0 Å². The van der Waals surface area contributed by atoms with E-state index in [0.29, 0.717) is 16.5 Å².